The Labute approximate surface area is 199 Å². The number of hydrogen-bond acceptors (Lipinski definition) is 7. The number of amides is 1. The number of ether oxygens (including phenoxy) is 2. The molecule has 0 aliphatic carbocycles. The van der Waals surface area contributed by atoms with Crippen molar-refractivity contribution in [1.82, 2.24) is 14.8 Å². The van der Waals surface area contributed by atoms with Crippen LogP contribution in [0.4, 0.5) is 5.13 Å². The number of thiazole rings is 1. The van der Waals surface area contributed by atoms with Gasteiger partial charge in [-0.05, 0) is 37.2 Å². The van der Waals surface area contributed by atoms with E-state index < -0.39 is 0 Å². The highest BCUT2D eigenvalue weighted by Gasteiger charge is 2.18. The first-order valence-corrected chi connectivity index (χ1v) is 12.0. The fourth-order valence-corrected chi connectivity index (χ4v) is 4.74. The van der Waals surface area contributed by atoms with E-state index in [2.05, 4.69) is 44.4 Å². The number of nitrogens with one attached hydrogen (secondary N) is 1. The lowest BCUT2D eigenvalue weighted by Crippen LogP contribution is -2.36. The number of methoxy groups -OCH3 is 2. The lowest BCUT2D eigenvalue weighted by Gasteiger charge is -2.21. The molecule has 2 heterocycles. The lowest BCUT2D eigenvalue weighted by molar-refractivity contribution is -0.117. The summed E-state index contributed by atoms with van der Waals surface area (Å²) >= 11 is 1.41. The second-order valence-electron chi connectivity index (χ2n) is 8.04. The van der Waals surface area contributed by atoms with Crippen LogP contribution in [0.25, 0.3) is 11.3 Å². The van der Waals surface area contributed by atoms with E-state index in [1.54, 1.807) is 14.2 Å². The number of hydrogen-bond donors (Lipinski definition) is 1. The molecule has 1 amide bonds. The zero-order valence-corrected chi connectivity index (χ0v) is 19.9. The van der Waals surface area contributed by atoms with Crippen molar-refractivity contribution in [1.29, 1.82) is 0 Å². The maximum Gasteiger partial charge on any atom is 0.240 e. The molecule has 0 radical (unpaired) electrons. The summed E-state index contributed by atoms with van der Waals surface area (Å²) in [5, 5.41) is 5.47. The Morgan fingerprint density at radius 1 is 1.03 bits per heavy atom. The van der Waals surface area contributed by atoms with Gasteiger partial charge in [0.15, 0.2) is 5.13 Å². The summed E-state index contributed by atoms with van der Waals surface area (Å²) in [6.45, 7) is 5.14. The predicted molar refractivity (Wildman–Crippen MR) is 132 cm³/mol. The van der Waals surface area contributed by atoms with E-state index in [1.807, 2.05) is 29.6 Å². The molecule has 33 heavy (non-hydrogen) atoms. The minimum absolute atomic E-state index is 0.0332. The molecule has 1 fully saturated rings. The van der Waals surface area contributed by atoms with Crippen LogP contribution in [0.5, 0.6) is 11.5 Å². The lowest BCUT2D eigenvalue weighted by atomic mass is 10.1. The van der Waals surface area contributed by atoms with Gasteiger partial charge in [-0.25, -0.2) is 4.98 Å². The Hall–Kier alpha value is -2.94. The first-order chi connectivity index (χ1) is 16.1. The maximum atomic E-state index is 12.7. The molecule has 3 aromatic rings. The van der Waals surface area contributed by atoms with E-state index in [0.717, 1.165) is 56.2 Å². The molecule has 8 heteroatoms. The number of aromatic nitrogens is 1. The third-order valence-corrected chi connectivity index (χ3v) is 6.49. The van der Waals surface area contributed by atoms with Crippen molar-refractivity contribution < 1.29 is 14.3 Å². The largest absolute Gasteiger partial charge is 0.497 e. The van der Waals surface area contributed by atoms with Crippen molar-refractivity contribution in [2.45, 2.75) is 13.0 Å². The minimum atomic E-state index is -0.0332. The van der Waals surface area contributed by atoms with Gasteiger partial charge in [-0.15, -0.1) is 11.3 Å². The predicted octanol–water partition coefficient (Wildman–Crippen LogP) is 3.97. The number of anilines is 1. The smallest absolute Gasteiger partial charge is 0.240 e. The van der Waals surface area contributed by atoms with Crippen LogP contribution in [0.15, 0.2) is 53.9 Å². The van der Waals surface area contributed by atoms with Crippen molar-refractivity contribution in [3.8, 4) is 22.8 Å². The van der Waals surface area contributed by atoms with Crippen LogP contribution in [0.2, 0.25) is 0 Å². The molecular weight excluding hydrogens is 436 g/mol. The van der Waals surface area contributed by atoms with Crippen molar-refractivity contribution in [3.05, 3.63) is 59.5 Å². The van der Waals surface area contributed by atoms with Crippen LogP contribution in [0, 0.1) is 0 Å². The Morgan fingerprint density at radius 3 is 2.61 bits per heavy atom. The first kappa shape index (κ1) is 23.2. The summed E-state index contributed by atoms with van der Waals surface area (Å²) in [7, 11) is 3.24. The van der Waals surface area contributed by atoms with Crippen molar-refractivity contribution >= 4 is 22.4 Å². The highest BCUT2D eigenvalue weighted by atomic mass is 32.1. The molecule has 1 aromatic heterocycles. The molecule has 1 aliphatic rings. The molecule has 1 N–H and O–H groups in total. The van der Waals surface area contributed by atoms with Crippen molar-refractivity contribution in [2.75, 3.05) is 52.3 Å². The third-order valence-electron chi connectivity index (χ3n) is 5.73. The zero-order valence-electron chi connectivity index (χ0n) is 19.1. The quantitative estimate of drug-likeness (QED) is 0.542. The normalized spacial score (nSPS) is 15.1. The van der Waals surface area contributed by atoms with Crippen molar-refractivity contribution in [2.24, 2.45) is 0 Å². The highest BCUT2D eigenvalue weighted by Crippen LogP contribution is 2.34. The van der Waals surface area contributed by atoms with E-state index in [0.29, 0.717) is 17.4 Å². The molecule has 0 atom stereocenters. The summed E-state index contributed by atoms with van der Waals surface area (Å²) in [4.78, 5) is 22.0. The average Bonchev–Trinajstić information content (AvgIpc) is 3.19. The van der Waals surface area contributed by atoms with Gasteiger partial charge in [0, 0.05) is 36.6 Å². The van der Waals surface area contributed by atoms with E-state index in [1.165, 1.54) is 16.9 Å². The molecule has 2 aromatic carbocycles. The summed E-state index contributed by atoms with van der Waals surface area (Å²) in [6, 6.07) is 16.2. The van der Waals surface area contributed by atoms with Gasteiger partial charge < -0.3 is 14.8 Å². The van der Waals surface area contributed by atoms with Crippen LogP contribution in [0.1, 0.15) is 12.0 Å². The number of rotatable bonds is 8. The topological polar surface area (TPSA) is 66.9 Å². The highest BCUT2D eigenvalue weighted by molar-refractivity contribution is 7.14. The zero-order chi connectivity index (χ0) is 23.0. The Kier molecular flexibility index (Phi) is 7.93. The van der Waals surface area contributed by atoms with Crippen LogP contribution >= 0.6 is 11.3 Å². The number of nitrogens with zero attached hydrogens (tertiary/aromatic N) is 3. The van der Waals surface area contributed by atoms with Gasteiger partial charge in [0.05, 0.1) is 26.5 Å². The molecule has 0 saturated carbocycles. The Bertz CT molecular complexity index is 1060. The van der Waals surface area contributed by atoms with Crippen molar-refractivity contribution in [3.63, 3.8) is 0 Å². The summed E-state index contributed by atoms with van der Waals surface area (Å²) in [5.74, 6) is 1.37. The second kappa shape index (κ2) is 11.3. The van der Waals surface area contributed by atoms with Gasteiger partial charge in [-0.2, -0.15) is 0 Å². The molecule has 0 unspecified atom stereocenters. The fraction of sp³-hybridized carbons (Fsp3) is 0.360. The van der Waals surface area contributed by atoms with Gasteiger partial charge in [-0.1, -0.05) is 30.3 Å². The maximum absolute atomic E-state index is 12.7. The average molecular weight is 467 g/mol. The van der Waals surface area contributed by atoms with Gasteiger partial charge in [0.2, 0.25) is 5.91 Å². The van der Waals surface area contributed by atoms with Gasteiger partial charge >= 0.3 is 0 Å². The molecule has 1 aliphatic heterocycles. The summed E-state index contributed by atoms with van der Waals surface area (Å²) in [5.41, 5.74) is 2.96. The van der Waals surface area contributed by atoms with Crippen LogP contribution < -0.4 is 14.8 Å². The molecular formula is C25H30N4O3S. The number of benzene rings is 2. The summed E-state index contributed by atoms with van der Waals surface area (Å²) < 4.78 is 10.7. The van der Waals surface area contributed by atoms with Crippen LogP contribution in [-0.2, 0) is 11.3 Å². The Balaban J connectivity index is 1.30. The molecule has 0 bridgehead atoms. The molecule has 0 spiro atoms. The SMILES string of the molecule is COc1ccc(-c2csc(NC(=O)CN3CCCN(Cc4ccccc4)CC3)n2)c(OC)c1. The molecule has 174 valence electrons. The standard InChI is InChI=1S/C25H30N4O3S/c1-31-20-9-10-21(23(15-20)32-2)22-18-33-25(26-22)27-24(30)17-29-12-6-11-28(13-14-29)16-19-7-4-3-5-8-19/h3-5,7-10,15,18H,6,11-14,16-17H2,1-2H3,(H,26,27,30). The van der Waals surface area contributed by atoms with Crippen LogP contribution in [-0.4, -0.2) is 67.6 Å². The monoisotopic (exact) mass is 466 g/mol. The van der Waals surface area contributed by atoms with E-state index in [9.17, 15) is 4.79 Å². The van der Waals surface area contributed by atoms with Gasteiger partial charge in [-0.3, -0.25) is 14.6 Å². The van der Waals surface area contributed by atoms with Crippen LogP contribution in [0.3, 0.4) is 0 Å². The van der Waals surface area contributed by atoms with Gasteiger partial charge in [0.1, 0.15) is 11.5 Å². The third kappa shape index (κ3) is 6.31. The molecule has 4 rings (SSSR count). The number of carbonyl (C=O) groups is 1. The summed E-state index contributed by atoms with van der Waals surface area (Å²) in [6.07, 6.45) is 1.05. The second-order valence-corrected chi connectivity index (χ2v) is 8.90. The van der Waals surface area contributed by atoms with E-state index >= 15 is 0 Å². The molecule has 1 saturated heterocycles. The fourth-order valence-electron chi connectivity index (χ4n) is 4.01. The first-order valence-electron chi connectivity index (χ1n) is 11.1. The minimum Gasteiger partial charge on any atom is -0.497 e. The Morgan fingerprint density at radius 2 is 1.82 bits per heavy atom. The van der Waals surface area contributed by atoms with Gasteiger partial charge in [0.25, 0.3) is 0 Å². The molecule has 7 nitrogen and oxygen atoms in total. The van der Waals surface area contributed by atoms with E-state index in [4.69, 9.17) is 9.47 Å². The number of carbonyl (C=O) groups excluding carboxylic acids is 1. The van der Waals surface area contributed by atoms with E-state index in [-0.39, 0.29) is 5.91 Å².